The van der Waals surface area contributed by atoms with Crippen LogP contribution in [0.4, 0.5) is 0 Å². The van der Waals surface area contributed by atoms with Crippen LogP contribution in [-0.2, 0) is 12.0 Å². The van der Waals surface area contributed by atoms with Crippen LogP contribution in [-0.4, -0.2) is 12.1 Å². The number of hydrogen-bond acceptors (Lipinski definition) is 3. The number of methoxy groups -OCH3 is 1. The molecule has 0 aliphatic carbocycles. The van der Waals surface area contributed by atoms with E-state index in [9.17, 15) is 0 Å². The van der Waals surface area contributed by atoms with E-state index in [1.54, 1.807) is 7.11 Å². The van der Waals surface area contributed by atoms with Gasteiger partial charge in [-0.05, 0) is 34.7 Å². The molecule has 0 atom stereocenters. The van der Waals surface area contributed by atoms with Crippen molar-refractivity contribution in [3.63, 3.8) is 0 Å². The Labute approximate surface area is 108 Å². The summed E-state index contributed by atoms with van der Waals surface area (Å²) in [5, 5.41) is 1.13. The van der Waals surface area contributed by atoms with Crippen LogP contribution in [0.25, 0.3) is 10.9 Å². The first-order valence-corrected chi connectivity index (χ1v) is 6.13. The molecule has 0 aliphatic rings. The van der Waals surface area contributed by atoms with Gasteiger partial charge in [0.2, 0.25) is 0 Å². The maximum Gasteiger partial charge on any atom is 0.119 e. The van der Waals surface area contributed by atoms with Gasteiger partial charge in [-0.1, -0.05) is 20.8 Å². The zero-order valence-corrected chi connectivity index (χ0v) is 11.4. The van der Waals surface area contributed by atoms with Crippen molar-refractivity contribution in [3.05, 3.63) is 35.5 Å². The fraction of sp³-hybridized carbons (Fsp3) is 0.400. The molecule has 0 unspecified atom stereocenters. The molecule has 0 saturated heterocycles. The van der Waals surface area contributed by atoms with E-state index < -0.39 is 0 Å². The predicted octanol–water partition coefficient (Wildman–Crippen LogP) is 3.00. The van der Waals surface area contributed by atoms with E-state index in [0.29, 0.717) is 6.54 Å². The van der Waals surface area contributed by atoms with Gasteiger partial charge in [-0.3, -0.25) is 4.98 Å². The van der Waals surface area contributed by atoms with Crippen LogP contribution in [0.3, 0.4) is 0 Å². The lowest BCUT2D eigenvalue weighted by Gasteiger charge is -2.24. The van der Waals surface area contributed by atoms with E-state index in [4.69, 9.17) is 10.5 Å². The lowest BCUT2D eigenvalue weighted by molar-refractivity contribution is 0.415. The minimum Gasteiger partial charge on any atom is -0.497 e. The molecule has 3 nitrogen and oxygen atoms in total. The van der Waals surface area contributed by atoms with Crippen LogP contribution in [0.2, 0.25) is 0 Å². The second-order valence-corrected chi connectivity index (χ2v) is 5.50. The summed E-state index contributed by atoms with van der Waals surface area (Å²) in [6.07, 6.45) is 1.88. The molecule has 0 aliphatic heterocycles. The second kappa shape index (κ2) is 4.58. The van der Waals surface area contributed by atoms with Crippen LogP contribution >= 0.6 is 0 Å². The van der Waals surface area contributed by atoms with Gasteiger partial charge in [0.15, 0.2) is 0 Å². The quantitative estimate of drug-likeness (QED) is 0.883. The number of ether oxygens (including phenoxy) is 1. The molecule has 0 radical (unpaired) electrons. The number of nitrogens with two attached hydrogens (primary N) is 1. The second-order valence-electron chi connectivity index (χ2n) is 5.50. The molecular formula is C15H20N2O. The van der Waals surface area contributed by atoms with E-state index in [2.05, 4.69) is 25.8 Å². The molecule has 2 rings (SSSR count). The third-order valence-electron chi connectivity index (χ3n) is 3.12. The van der Waals surface area contributed by atoms with Crippen molar-refractivity contribution in [2.75, 3.05) is 7.11 Å². The van der Waals surface area contributed by atoms with Gasteiger partial charge >= 0.3 is 0 Å². The number of benzene rings is 1. The van der Waals surface area contributed by atoms with Crippen LogP contribution in [0.1, 0.15) is 31.9 Å². The van der Waals surface area contributed by atoms with Gasteiger partial charge in [0.1, 0.15) is 5.75 Å². The smallest absolute Gasteiger partial charge is 0.119 e. The topological polar surface area (TPSA) is 48.1 Å². The first-order valence-electron chi connectivity index (χ1n) is 6.13. The molecule has 0 bridgehead atoms. The van der Waals surface area contributed by atoms with E-state index in [1.165, 1.54) is 5.56 Å². The zero-order chi connectivity index (χ0) is 13.3. The van der Waals surface area contributed by atoms with Crippen LogP contribution in [0, 0.1) is 0 Å². The Balaban J connectivity index is 2.83. The largest absolute Gasteiger partial charge is 0.497 e. The third-order valence-corrected chi connectivity index (χ3v) is 3.12. The first kappa shape index (κ1) is 12.8. The molecule has 0 fully saturated rings. The normalized spacial score (nSPS) is 11.8. The minimum atomic E-state index is 0.0300. The fourth-order valence-corrected chi connectivity index (χ4v) is 2.38. The molecule has 18 heavy (non-hydrogen) atoms. The molecule has 3 heteroatoms. The van der Waals surface area contributed by atoms with Gasteiger partial charge in [0.05, 0.1) is 12.6 Å². The Kier molecular flexibility index (Phi) is 3.26. The Morgan fingerprint density at radius 2 is 2.00 bits per heavy atom. The summed E-state index contributed by atoms with van der Waals surface area (Å²) in [5.41, 5.74) is 9.21. The van der Waals surface area contributed by atoms with Gasteiger partial charge in [-0.25, -0.2) is 0 Å². The summed E-state index contributed by atoms with van der Waals surface area (Å²) in [6.45, 7) is 7.09. The predicted molar refractivity (Wildman–Crippen MR) is 74.9 cm³/mol. The van der Waals surface area contributed by atoms with Crippen molar-refractivity contribution >= 4 is 10.9 Å². The lowest BCUT2D eigenvalue weighted by atomic mass is 9.82. The SMILES string of the molecule is COc1ccc2ncc(CN)c(C(C)(C)C)c2c1. The van der Waals surface area contributed by atoms with Crippen molar-refractivity contribution in [2.24, 2.45) is 5.73 Å². The standard InChI is InChI=1S/C15H20N2O/c1-15(2,3)14-10(8-16)9-17-13-6-5-11(18-4)7-12(13)14/h5-7,9H,8,16H2,1-4H3. The molecule has 2 N–H and O–H groups in total. The Morgan fingerprint density at radius 3 is 2.56 bits per heavy atom. The number of hydrogen-bond donors (Lipinski definition) is 1. The highest BCUT2D eigenvalue weighted by Gasteiger charge is 2.21. The van der Waals surface area contributed by atoms with E-state index >= 15 is 0 Å². The minimum absolute atomic E-state index is 0.0300. The number of pyridine rings is 1. The average Bonchev–Trinajstić information content (AvgIpc) is 2.35. The van der Waals surface area contributed by atoms with Gasteiger partial charge in [-0.15, -0.1) is 0 Å². The van der Waals surface area contributed by atoms with Gasteiger partial charge in [0, 0.05) is 18.1 Å². The number of nitrogens with zero attached hydrogens (tertiary/aromatic N) is 1. The summed E-state index contributed by atoms with van der Waals surface area (Å²) in [5.74, 6) is 0.851. The van der Waals surface area contributed by atoms with Crippen LogP contribution < -0.4 is 10.5 Å². The summed E-state index contributed by atoms with van der Waals surface area (Å²) in [7, 11) is 1.68. The number of fused-ring (bicyclic) bond motifs is 1. The summed E-state index contributed by atoms with van der Waals surface area (Å²) in [4.78, 5) is 4.47. The molecular weight excluding hydrogens is 224 g/mol. The van der Waals surface area contributed by atoms with E-state index in [1.807, 2.05) is 24.4 Å². The molecule has 1 aromatic heterocycles. The maximum absolute atomic E-state index is 5.84. The molecule has 96 valence electrons. The van der Waals surface area contributed by atoms with Gasteiger partial charge in [-0.2, -0.15) is 0 Å². The van der Waals surface area contributed by atoms with Crippen molar-refractivity contribution in [2.45, 2.75) is 32.7 Å². The zero-order valence-electron chi connectivity index (χ0n) is 11.4. The highest BCUT2D eigenvalue weighted by atomic mass is 16.5. The Morgan fingerprint density at radius 1 is 1.28 bits per heavy atom. The van der Waals surface area contributed by atoms with E-state index in [-0.39, 0.29) is 5.41 Å². The average molecular weight is 244 g/mol. The summed E-state index contributed by atoms with van der Waals surface area (Å²) >= 11 is 0. The molecule has 0 spiro atoms. The number of aromatic nitrogens is 1. The maximum atomic E-state index is 5.84. The molecule has 0 amide bonds. The highest BCUT2D eigenvalue weighted by molar-refractivity contribution is 5.85. The van der Waals surface area contributed by atoms with Crippen molar-refractivity contribution < 1.29 is 4.74 Å². The van der Waals surface area contributed by atoms with Crippen molar-refractivity contribution in [3.8, 4) is 5.75 Å². The molecule has 2 aromatic rings. The number of rotatable bonds is 2. The van der Waals surface area contributed by atoms with Crippen molar-refractivity contribution in [1.82, 2.24) is 4.98 Å². The summed E-state index contributed by atoms with van der Waals surface area (Å²) in [6, 6.07) is 5.97. The van der Waals surface area contributed by atoms with Crippen molar-refractivity contribution in [1.29, 1.82) is 0 Å². The van der Waals surface area contributed by atoms with Crippen LogP contribution in [0.5, 0.6) is 5.75 Å². The van der Waals surface area contributed by atoms with Gasteiger partial charge < -0.3 is 10.5 Å². The fourth-order valence-electron chi connectivity index (χ4n) is 2.38. The first-order chi connectivity index (χ1) is 8.47. The van der Waals surface area contributed by atoms with E-state index in [0.717, 1.165) is 22.2 Å². The monoisotopic (exact) mass is 244 g/mol. The molecule has 0 saturated carbocycles. The van der Waals surface area contributed by atoms with Gasteiger partial charge in [0.25, 0.3) is 0 Å². The highest BCUT2D eigenvalue weighted by Crippen LogP contribution is 2.33. The van der Waals surface area contributed by atoms with Crippen LogP contribution in [0.15, 0.2) is 24.4 Å². The Hall–Kier alpha value is -1.61. The molecule has 1 heterocycles. The third kappa shape index (κ3) is 2.18. The molecule has 1 aromatic carbocycles. The lowest BCUT2D eigenvalue weighted by Crippen LogP contribution is -2.17. The summed E-state index contributed by atoms with van der Waals surface area (Å²) < 4.78 is 5.30. The Bertz CT molecular complexity index is 565.